The molecule has 1 aliphatic carbocycles. The number of aromatic nitrogens is 4. The smallest absolute Gasteiger partial charge is 0.270 e. The number of hydrogen-bond acceptors (Lipinski definition) is 7. The number of nitrogens with zero attached hydrogens (tertiary/aromatic N) is 4. The van der Waals surface area contributed by atoms with Crippen molar-refractivity contribution in [1.82, 2.24) is 25.1 Å². The summed E-state index contributed by atoms with van der Waals surface area (Å²) in [5.74, 6) is 0.929. The van der Waals surface area contributed by atoms with Gasteiger partial charge in [-0.2, -0.15) is 11.3 Å². The van der Waals surface area contributed by atoms with Crippen LogP contribution in [0.25, 0.3) is 10.6 Å². The number of thioether (sulfide) groups is 1. The lowest BCUT2D eigenvalue weighted by Crippen LogP contribution is -2.25. The Morgan fingerprint density at radius 3 is 2.93 bits per heavy atom. The fraction of sp³-hybridized carbons (Fsp3) is 0.474. The van der Waals surface area contributed by atoms with Crippen LogP contribution in [0.1, 0.15) is 54.5 Å². The first-order valence-corrected chi connectivity index (χ1v) is 12.5. The van der Waals surface area contributed by atoms with E-state index in [0.29, 0.717) is 18.3 Å². The van der Waals surface area contributed by atoms with Crippen molar-refractivity contribution in [1.29, 1.82) is 0 Å². The Balaban J connectivity index is 1.30. The minimum atomic E-state index is -0.111. The first kappa shape index (κ1) is 19.6. The average molecular weight is 434 g/mol. The zero-order valence-corrected chi connectivity index (χ0v) is 18.2. The molecule has 28 heavy (non-hydrogen) atoms. The van der Waals surface area contributed by atoms with E-state index in [1.165, 1.54) is 37.0 Å². The maximum absolute atomic E-state index is 12.4. The average Bonchev–Trinajstić information content (AvgIpc) is 3.49. The Labute approximate surface area is 176 Å². The van der Waals surface area contributed by atoms with Crippen LogP contribution in [0.3, 0.4) is 0 Å². The van der Waals surface area contributed by atoms with E-state index in [1.54, 1.807) is 23.1 Å². The molecular formula is C19H23N5OS3. The summed E-state index contributed by atoms with van der Waals surface area (Å²) in [5.41, 5.74) is 1.56. The number of carbonyl (C=O) groups excluding carboxylic acids is 1. The Morgan fingerprint density at radius 2 is 2.18 bits per heavy atom. The predicted molar refractivity (Wildman–Crippen MR) is 115 cm³/mol. The van der Waals surface area contributed by atoms with Gasteiger partial charge in [0.15, 0.2) is 5.16 Å². The molecule has 0 aromatic carbocycles. The second-order valence-corrected chi connectivity index (χ2v) is 9.23. The first-order valence-electron chi connectivity index (χ1n) is 9.50. The topological polar surface area (TPSA) is 72.7 Å². The molecule has 3 aromatic heterocycles. The van der Waals surface area contributed by atoms with E-state index in [4.69, 9.17) is 0 Å². The number of amides is 1. The van der Waals surface area contributed by atoms with Crippen LogP contribution in [0.5, 0.6) is 0 Å². The van der Waals surface area contributed by atoms with Gasteiger partial charge >= 0.3 is 0 Å². The maximum atomic E-state index is 12.4. The lowest BCUT2D eigenvalue weighted by atomic mass is 10.2. The van der Waals surface area contributed by atoms with E-state index in [-0.39, 0.29) is 5.91 Å². The lowest BCUT2D eigenvalue weighted by molar-refractivity contribution is 0.0949. The normalized spacial score (nSPS) is 14.6. The Kier molecular flexibility index (Phi) is 6.43. The SMILES string of the molecule is CSc1nnc(CCCNC(=O)c2csc(-c3ccsc3)n2)n1C1CCCC1. The second-order valence-electron chi connectivity index (χ2n) is 6.82. The van der Waals surface area contributed by atoms with Gasteiger partial charge in [0, 0.05) is 35.3 Å². The number of hydrogen-bond donors (Lipinski definition) is 1. The van der Waals surface area contributed by atoms with Crippen molar-refractivity contribution in [3.05, 3.63) is 33.7 Å². The summed E-state index contributed by atoms with van der Waals surface area (Å²) in [7, 11) is 0. The Hall–Kier alpha value is -1.71. The van der Waals surface area contributed by atoms with Gasteiger partial charge in [-0.15, -0.1) is 21.5 Å². The molecule has 3 aromatic rings. The van der Waals surface area contributed by atoms with Gasteiger partial charge in [-0.1, -0.05) is 24.6 Å². The molecule has 0 aliphatic heterocycles. The van der Waals surface area contributed by atoms with Crippen molar-refractivity contribution in [3.8, 4) is 10.6 Å². The second kappa shape index (κ2) is 9.19. The molecule has 0 radical (unpaired) electrons. The molecule has 4 rings (SSSR count). The summed E-state index contributed by atoms with van der Waals surface area (Å²) >= 11 is 4.79. The monoisotopic (exact) mass is 433 g/mol. The van der Waals surface area contributed by atoms with Gasteiger partial charge in [-0.05, 0) is 37.0 Å². The van der Waals surface area contributed by atoms with E-state index in [9.17, 15) is 4.79 Å². The fourth-order valence-corrected chi connectivity index (χ4v) is 5.67. The molecular weight excluding hydrogens is 410 g/mol. The summed E-state index contributed by atoms with van der Waals surface area (Å²) in [5, 5.41) is 19.5. The van der Waals surface area contributed by atoms with Crippen molar-refractivity contribution >= 4 is 40.3 Å². The molecule has 0 atom stereocenters. The van der Waals surface area contributed by atoms with Gasteiger partial charge < -0.3 is 9.88 Å². The highest BCUT2D eigenvalue weighted by atomic mass is 32.2. The van der Waals surface area contributed by atoms with Crippen LogP contribution in [0.2, 0.25) is 0 Å². The molecule has 0 bridgehead atoms. The van der Waals surface area contributed by atoms with Crippen LogP contribution in [-0.4, -0.2) is 38.5 Å². The third kappa shape index (κ3) is 4.31. The van der Waals surface area contributed by atoms with E-state index in [1.807, 2.05) is 22.2 Å². The number of thiazole rings is 1. The number of nitrogens with one attached hydrogen (secondary N) is 1. The van der Waals surface area contributed by atoms with Crippen LogP contribution in [0.15, 0.2) is 27.4 Å². The highest BCUT2D eigenvalue weighted by Gasteiger charge is 2.23. The summed E-state index contributed by atoms with van der Waals surface area (Å²) in [6.07, 6.45) is 8.71. The molecule has 0 unspecified atom stereocenters. The highest BCUT2D eigenvalue weighted by Crippen LogP contribution is 2.33. The highest BCUT2D eigenvalue weighted by molar-refractivity contribution is 7.98. The maximum Gasteiger partial charge on any atom is 0.270 e. The molecule has 1 amide bonds. The predicted octanol–water partition coefficient (Wildman–Crippen LogP) is 4.66. The molecule has 1 fully saturated rings. The van der Waals surface area contributed by atoms with Gasteiger partial charge in [-0.25, -0.2) is 4.98 Å². The van der Waals surface area contributed by atoms with E-state index in [2.05, 4.69) is 31.3 Å². The summed E-state index contributed by atoms with van der Waals surface area (Å²) in [4.78, 5) is 16.8. The van der Waals surface area contributed by atoms with Gasteiger partial charge in [0.1, 0.15) is 16.5 Å². The summed E-state index contributed by atoms with van der Waals surface area (Å²) in [6, 6.07) is 2.56. The van der Waals surface area contributed by atoms with Gasteiger partial charge in [0.05, 0.1) is 0 Å². The third-order valence-corrected chi connectivity index (χ3v) is 7.19. The quantitative estimate of drug-likeness (QED) is 0.413. The summed E-state index contributed by atoms with van der Waals surface area (Å²) in [6.45, 7) is 0.607. The number of rotatable bonds is 8. The minimum absolute atomic E-state index is 0.111. The minimum Gasteiger partial charge on any atom is -0.351 e. The van der Waals surface area contributed by atoms with Gasteiger partial charge in [0.25, 0.3) is 5.91 Å². The lowest BCUT2D eigenvalue weighted by Gasteiger charge is -2.16. The Bertz CT molecular complexity index is 912. The van der Waals surface area contributed by atoms with Crippen LogP contribution < -0.4 is 5.32 Å². The molecule has 1 aliphatic rings. The van der Waals surface area contributed by atoms with Crippen molar-refractivity contribution in [2.45, 2.75) is 49.7 Å². The summed E-state index contributed by atoms with van der Waals surface area (Å²) < 4.78 is 2.33. The van der Waals surface area contributed by atoms with Crippen LogP contribution in [-0.2, 0) is 6.42 Å². The zero-order chi connectivity index (χ0) is 19.3. The van der Waals surface area contributed by atoms with E-state index in [0.717, 1.165) is 34.4 Å². The van der Waals surface area contributed by atoms with Crippen molar-refractivity contribution < 1.29 is 4.79 Å². The largest absolute Gasteiger partial charge is 0.351 e. The van der Waals surface area contributed by atoms with Crippen molar-refractivity contribution in [2.75, 3.05) is 12.8 Å². The molecule has 1 N–H and O–H groups in total. The number of aryl methyl sites for hydroxylation is 1. The van der Waals surface area contributed by atoms with Crippen LogP contribution in [0.4, 0.5) is 0 Å². The van der Waals surface area contributed by atoms with Gasteiger partial charge in [-0.3, -0.25) is 4.79 Å². The molecule has 148 valence electrons. The number of thiophene rings is 1. The van der Waals surface area contributed by atoms with Crippen LogP contribution in [0, 0.1) is 0 Å². The van der Waals surface area contributed by atoms with Crippen molar-refractivity contribution in [3.63, 3.8) is 0 Å². The molecule has 0 spiro atoms. The molecule has 1 saturated carbocycles. The van der Waals surface area contributed by atoms with E-state index >= 15 is 0 Å². The van der Waals surface area contributed by atoms with E-state index < -0.39 is 0 Å². The standard InChI is InChI=1S/C19H23N5OS3/c1-26-19-23-22-16(24(19)14-5-2-3-6-14)7-4-9-20-17(25)15-12-28-18(21-15)13-8-10-27-11-13/h8,10-12,14H,2-7,9H2,1H3,(H,20,25). The third-order valence-electron chi connectivity index (χ3n) is 4.98. The van der Waals surface area contributed by atoms with Crippen LogP contribution >= 0.6 is 34.4 Å². The molecule has 9 heteroatoms. The number of carbonyl (C=O) groups is 1. The fourth-order valence-electron chi connectivity index (χ4n) is 3.58. The van der Waals surface area contributed by atoms with Gasteiger partial charge in [0.2, 0.25) is 0 Å². The zero-order valence-electron chi connectivity index (χ0n) is 15.8. The Morgan fingerprint density at radius 1 is 1.32 bits per heavy atom. The molecule has 0 saturated heterocycles. The first-order chi connectivity index (χ1) is 13.8. The van der Waals surface area contributed by atoms with Crippen molar-refractivity contribution in [2.24, 2.45) is 0 Å². The molecule has 3 heterocycles. The molecule has 6 nitrogen and oxygen atoms in total.